The molecule has 0 radical (unpaired) electrons. The molecule has 2 N–H and O–H groups in total. The molecule has 146 valence electrons. The molecule has 0 unspecified atom stereocenters. The largest absolute Gasteiger partial charge is 0.383 e. The van der Waals surface area contributed by atoms with Crippen molar-refractivity contribution in [3.63, 3.8) is 0 Å². The van der Waals surface area contributed by atoms with E-state index in [-0.39, 0.29) is 5.41 Å². The summed E-state index contributed by atoms with van der Waals surface area (Å²) in [5, 5.41) is 15.8. The number of methoxy groups -OCH3 is 1. The Morgan fingerprint density at radius 1 is 1.33 bits per heavy atom. The molecule has 0 bridgehead atoms. The topological polar surface area (TPSA) is 76.4 Å². The molecular weight excluding hydrogens is 364 g/mol. The molecule has 27 heavy (non-hydrogen) atoms. The van der Waals surface area contributed by atoms with Crippen LogP contribution in [0, 0.1) is 6.92 Å². The first-order chi connectivity index (χ1) is 13.0. The summed E-state index contributed by atoms with van der Waals surface area (Å²) in [5.74, 6) is 2.46. The van der Waals surface area contributed by atoms with Gasteiger partial charge in [-0.15, -0.1) is 10.2 Å². The zero-order valence-electron chi connectivity index (χ0n) is 16.1. The van der Waals surface area contributed by atoms with Gasteiger partial charge in [0, 0.05) is 37.7 Å². The Morgan fingerprint density at radius 2 is 2.15 bits per heavy atom. The average molecular weight is 391 g/mol. The number of hydrogen-bond acceptors (Lipinski definition) is 4. The van der Waals surface area contributed by atoms with E-state index in [0.717, 1.165) is 42.0 Å². The first-order valence-electron chi connectivity index (χ1n) is 9.16. The number of rotatable bonds is 8. The summed E-state index contributed by atoms with van der Waals surface area (Å²) in [7, 11) is 3.64. The molecule has 1 aliphatic carbocycles. The Kier molecular flexibility index (Phi) is 6.34. The van der Waals surface area contributed by atoms with Crippen molar-refractivity contribution in [1.29, 1.82) is 0 Å². The highest BCUT2D eigenvalue weighted by Crippen LogP contribution is 2.48. The molecule has 0 aliphatic heterocycles. The normalized spacial score (nSPS) is 15.6. The second-order valence-corrected chi connectivity index (χ2v) is 7.39. The van der Waals surface area contributed by atoms with Gasteiger partial charge in [-0.25, -0.2) is 4.99 Å². The van der Waals surface area contributed by atoms with E-state index in [2.05, 4.69) is 38.0 Å². The molecule has 2 aromatic rings. The molecule has 1 aromatic carbocycles. The maximum atomic E-state index is 6.17. The molecule has 0 spiro atoms. The molecule has 1 fully saturated rings. The summed E-state index contributed by atoms with van der Waals surface area (Å²) >= 11 is 6.17. The number of hydrogen-bond donors (Lipinski definition) is 2. The Bertz CT molecular complexity index is 799. The van der Waals surface area contributed by atoms with Gasteiger partial charge in [-0.3, -0.25) is 0 Å². The van der Waals surface area contributed by atoms with Crippen molar-refractivity contribution in [2.24, 2.45) is 12.0 Å². The predicted molar refractivity (Wildman–Crippen MR) is 107 cm³/mol. The highest BCUT2D eigenvalue weighted by atomic mass is 35.5. The molecule has 0 amide bonds. The van der Waals surface area contributed by atoms with Gasteiger partial charge in [-0.05, 0) is 37.5 Å². The van der Waals surface area contributed by atoms with E-state index in [1.165, 1.54) is 5.56 Å². The number of aliphatic imine (C=N–C) groups is 1. The van der Waals surface area contributed by atoms with Gasteiger partial charge < -0.3 is 19.9 Å². The smallest absolute Gasteiger partial charge is 0.191 e. The van der Waals surface area contributed by atoms with E-state index in [9.17, 15) is 0 Å². The summed E-state index contributed by atoms with van der Waals surface area (Å²) in [4.78, 5) is 4.67. The summed E-state index contributed by atoms with van der Waals surface area (Å²) < 4.78 is 7.08. The molecule has 7 nitrogen and oxygen atoms in total. The minimum atomic E-state index is 0.135. The fraction of sp³-hybridized carbons (Fsp3) is 0.526. The van der Waals surface area contributed by atoms with Crippen LogP contribution in [-0.4, -0.2) is 47.5 Å². The van der Waals surface area contributed by atoms with Crippen molar-refractivity contribution in [2.45, 2.75) is 31.7 Å². The van der Waals surface area contributed by atoms with E-state index in [1.54, 1.807) is 7.11 Å². The monoisotopic (exact) mass is 390 g/mol. The summed E-state index contributed by atoms with van der Waals surface area (Å²) in [6.45, 7) is 4.50. The van der Waals surface area contributed by atoms with Gasteiger partial charge >= 0.3 is 0 Å². The summed E-state index contributed by atoms with van der Waals surface area (Å²) in [6, 6.07) is 8.14. The maximum Gasteiger partial charge on any atom is 0.191 e. The van der Waals surface area contributed by atoms with Crippen molar-refractivity contribution in [2.75, 3.05) is 26.8 Å². The minimum absolute atomic E-state index is 0.135. The van der Waals surface area contributed by atoms with Crippen LogP contribution in [0.4, 0.5) is 0 Å². The van der Waals surface area contributed by atoms with Crippen LogP contribution in [0.5, 0.6) is 0 Å². The lowest BCUT2D eigenvalue weighted by atomic mass is 9.96. The van der Waals surface area contributed by atoms with Crippen molar-refractivity contribution < 1.29 is 4.74 Å². The lowest BCUT2D eigenvalue weighted by Gasteiger charge is -2.19. The van der Waals surface area contributed by atoms with E-state index in [1.807, 2.05) is 30.7 Å². The molecule has 1 saturated carbocycles. The predicted octanol–water partition coefficient (Wildman–Crippen LogP) is 2.19. The van der Waals surface area contributed by atoms with Gasteiger partial charge in [0.25, 0.3) is 0 Å². The van der Waals surface area contributed by atoms with Gasteiger partial charge in [0.2, 0.25) is 0 Å². The van der Waals surface area contributed by atoms with Crippen LogP contribution < -0.4 is 10.6 Å². The van der Waals surface area contributed by atoms with Gasteiger partial charge in [0.15, 0.2) is 11.8 Å². The highest BCUT2D eigenvalue weighted by Gasteiger charge is 2.44. The molecule has 1 heterocycles. The Labute approximate surface area is 165 Å². The number of halogens is 1. The van der Waals surface area contributed by atoms with E-state index in [0.29, 0.717) is 19.7 Å². The third kappa shape index (κ3) is 4.99. The number of ether oxygens (including phenoxy) is 1. The van der Waals surface area contributed by atoms with E-state index < -0.39 is 0 Å². The second kappa shape index (κ2) is 8.71. The summed E-state index contributed by atoms with van der Waals surface area (Å²) in [6.07, 6.45) is 2.29. The van der Waals surface area contributed by atoms with Crippen LogP contribution in [0.1, 0.15) is 30.1 Å². The highest BCUT2D eigenvalue weighted by molar-refractivity contribution is 6.30. The zero-order valence-corrected chi connectivity index (χ0v) is 16.9. The Balaban J connectivity index is 1.66. The van der Waals surface area contributed by atoms with Crippen molar-refractivity contribution in [3.05, 3.63) is 46.5 Å². The Morgan fingerprint density at radius 3 is 2.78 bits per heavy atom. The first-order valence-corrected chi connectivity index (χ1v) is 9.54. The van der Waals surface area contributed by atoms with Crippen LogP contribution in [0.2, 0.25) is 5.02 Å². The first kappa shape index (κ1) is 19.6. The molecule has 3 rings (SSSR count). The molecule has 0 atom stereocenters. The van der Waals surface area contributed by atoms with Crippen molar-refractivity contribution in [1.82, 2.24) is 25.4 Å². The van der Waals surface area contributed by atoms with Gasteiger partial charge in [-0.2, -0.15) is 0 Å². The van der Waals surface area contributed by atoms with Crippen LogP contribution in [0.25, 0.3) is 0 Å². The van der Waals surface area contributed by atoms with Crippen LogP contribution in [-0.2, 0) is 23.7 Å². The van der Waals surface area contributed by atoms with Crippen LogP contribution in [0.15, 0.2) is 29.3 Å². The standard InChI is InChI=1S/C19H27ClN6O/c1-14-24-25-17(26(14)2)12-22-18(21-9-10-27-3)23-13-19(7-8-19)15-5-4-6-16(20)11-15/h4-6,11H,7-10,12-13H2,1-3H3,(H2,21,22,23). The maximum absolute atomic E-state index is 6.17. The third-order valence-electron chi connectivity index (χ3n) is 5.04. The zero-order chi connectivity index (χ0) is 19.3. The quantitative estimate of drug-likeness (QED) is 0.410. The fourth-order valence-corrected chi connectivity index (χ4v) is 3.16. The molecule has 1 aromatic heterocycles. The third-order valence-corrected chi connectivity index (χ3v) is 5.28. The number of benzene rings is 1. The lowest BCUT2D eigenvalue weighted by Crippen LogP contribution is -2.42. The SMILES string of the molecule is COCCNC(=NCc1nnc(C)n1C)NCC1(c2cccc(Cl)c2)CC1. The average Bonchev–Trinajstić information content (AvgIpc) is 3.39. The number of aryl methyl sites for hydroxylation is 1. The van der Waals surface area contributed by atoms with E-state index in [4.69, 9.17) is 16.3 Å². The molecule has 8 heteroatoms. The number of nitrogens with one attached hydrogen (secondary N) is 2. The van der Waals surface area contributed by atoms with E-state index >= 15 is 0 Å². The van der Waals surface area contributed by atoms with Crippen LogP contribution >= 0.6 is 11.6 Å². The number of aromatic nitrogens is 3. The van der Waals surface area contributed by atoms with Crippen molar-refractivity contribution >= 4 is 17.6 Å². The molecule has 0 saturated heterocycles. The number of guanidine groups is 1. The lowest BCUT2D eigenvalue weighted by molar-refractivity contribution is 0.203. The van der Waals surface area contributed by atoms with Gasteiger partial charge in [-0.1, -0.05) is 23.7 Å². The molecular formula is C19H27ClN6O. The number of nitrogens with zero attached hydrogens (tertiary/aromatic N) is 4. The van der Waals surface area contributed by atoms with Crippen molar-refractivity contribution in [3.8, 4) is 0 Å². The fourth-order valence-electron chi connectivity index (χ4n) is 2.97. The second-order valence-electron chi connectivity index (χ2n) is 6.95. The van der Waals surface area contributed by atoms with Gasteiger partial charge in [0.1, 0.15) is 12.4 Å². The minimum Gasteiger partial charge on any atom is -0.383 e. The van der Waals surface area contributed by atoms with Crippen LogP contribution in [0.3, 0.4) is 0 Å². The Hall–Kier alpha value is -2.12. The summed E-state index contributed by atoms with van der Waals surface area (Å²) in [5.41, 5.74) is 1.42. The van der Waals surface area contributed by atoms with Gasteiger partial charge in [0.05, 0.1) is 6.61 Å². The molecule has 1 aliphatic rings.